The third-order valence-electron chi connectivity index (χ3n) is 3.37. The zero-order valence-electron chi connectivity index (χ0n) is 11.9. The number of aromatic nitrogens is 2. The predicted octanol–water partition coefficient (Wildman–Crippen LogP) is 3.29. The molecule has 21 heavy (non-hydrogen) atoms. The summed E-state index contributed by atoms with van der Waals surface area (Å²) in [5, 5.41) is 4.01. The van der Waals surface area contributed by atoms with Crippen molar-refractivity contribution in [3.63, 3.8) is 0 Å². The molecule has 0 fully saturated rings. The second-order valence-electron chi connectivity index (χ2n) is 5.12. The Kier molecular flexibility index (Phi) is 3.79. The molecule has 106 valence electrons. The molecule has 0 bridgehead atoms. The van der Waals surface area contributed by atoms with E-state index in [1.54, 1.807) is 0 Å². The average molecular weight is 279 g/mol. The molecule has 4 nitrogen and oxygen atoms in total. The first-order valence-electron chi connectivity index (χ1n) is 6.92. The molecule has 4 heteroatoms. The molecule has 1 aromatic heterocycles. The molecule has 0 saturated carbocycles. The summed E-state index contributed by atoms with van der Waals surface area (Å²) in [7, 11) is 0. The summed E-state index contributed by atoms with van der Waals surface area (Å²) in [5.74, 6) is 1.04. The van der Waals surface area contributed by atoms with E-state index < -0.39 is 0 Å². The zero-order valence-corrected chi connectivity index (χ0v) is 11.9. The number of nitrogens with two attached hydrogens (primary N) is 1. The van der Waals surface area contributed by atoms with E-state index in [0.29, 0.717) is 18.1 Å². The minimum atomic E-state index is -0.293. The van der Waals surface area contributed by atoms with Crippen LogP contribution in [-0.4, -0.2) is 10.1 Å². The Hall–Kier alpha value is -2.46. The van der Waals surface area contributed by atoms with Crippen molar-refractivity contribution in [2.24, 2.45) is 5.73 Å². The largest absolute Gasteiger partial charge is 0.337 e. The van der Waals surface area contributed by atoms with E-state index >= 15 is 0 Å². The number of nitrogens with zero attached hydrogens (tertiary/aromatic N) is 2. The topological polar surface area (TPSA) is 64.9 Å². The molecule has 3 rings (SSSR count). The molecule has 0 amide bonds. The van der Waals surface area contributed by atoms with Gasteiger partial charge in [0.15, 0.2) is 0 Å². The Morgan fingerprint density at radius 3 is 2.48 bits per heavy atom. The molecule has 1 heterocycles. The van der Waals surface area contributed by atoms with E-state index in [1.807, 2.05) is 61.5 Å². The van der Waals surface area contributed by atoms with Crippen molar-refractivity contribution in [2.75, 3.05) is 0 Å². The number of hydrogen-bond donors (Lipinski definition) is 1. The predicted molar refractivity (Wildman–Crippen MR) is 81.5 cm³/mol. The van der Waals surface area contributed by atoms with Gasteiger partial charge in [0.1, 0.15) is 0 Å². The maximum Gasteiger partial charge on any atom is 0.244 e. The minimum absolute atomic E-state index is 0.293. The molecule has 1 unspecified atom stereocenters. The van der Waals surface area contributed by atoms with Crippen molar-refractivity contribution in [1.82, 2.24) is 10.1 Å². The van der Waals surface area contributed by atoms with Crippen LogP contribution in [0.2, 0.25) is 0 Å². The van der Waals surface area contributed by atoms with Gasteiger partial charge in [0, 0.05) is 5.56 Å². The third kappa shape index (κ3) is 3.17. The van der Waals surface area contributed by atoms with Crippen LogP contribution in [0.4, 0.5) is 0 Å². The highest BCUT2D eigenvalue weighted by atomic mass is 16.5. The number of benzene rings is 2. The monoisotopic (exact) mass is 279 g/mol. The SMILES string of the molecule is Cc1ccc(-c2noc(C(N)Cc3ccccc3)n2)cc1. The lowest BCUT2D eigenvalue weighted by Crippen LogP contribution is -2.13. The fourth-order valence-electron chi connectivity index (χ4n) is 2.16. The molecule has 0 aliphatic heterocycles. The van der Waals surface area contributed by atoms with Gasteiger partial charge in [-0.05, 0) is 18.9 Å². The molecule has 0 aliphatic carbocycles. The van der Waals surface area contributed by atoms with Crippen LogP contribution >= 0.6 is 0 Å². The van der Waals surface area contributed by atoms with Gasteiger partial charge in [0.05, 0.1) is 6.04 Å². The van der Waals surface area contributed by atoms with Crippen LogP contribution in [0.5, 0.6) is 0 Å². The maximum atomic E-state index is 6.15. The molecule has 0 aliphatic rings. The highest BCUT2D eigenvalue weighted by Gasteiger charge is 2.16. The van der Waals surface area contributed by atoms with Crippen LogP contribution in [-0.2, 0) is 6.42 Å². The average Bonchev–Trinajstić information content (AvgIpc) is 2.99. The molecular weight excluding hydrogens is 262 g/mol. The van der Waals surface area contributed by atoms with Gasteiger partial charge >= 0.3 is 0 Å². The van der Waals surface area contributed by atoms with Crippen molar-refractivity contribution in [1.29, 1.82) is 0 Å². The first-order chi connectivity index (χ1) is 10.2. The summed E-state index contributed by atoms with van der Waals surface area (Å²) in [6.07, 6.45) is 0.677. The standard InChI is InChI=1S/C17H17N3O/c1-12-7-9-14(10-8-12)16-19-17(21-20-16)15(18)11-13-5-3-2-4-6-13/h2-10,15H,11,18H2,1H3. The van der Waals surface area contributed by atoms with Gasteiger partial charge in [0.2, 0.25) is 11.7 Å². The van der Waals surface area contributed by atoms with Crippen molar-refractivity contribution in [3.05, 3.63) is 71.6 Å². The lowest BCUT2D eigenvalue weighted by Gasteiger charge is -2.05. The van der Waals surface area contributed by atoms with Crippen molar-refractivity contribution in [3.8, 4) is 11.4 Å². The van der Waals surface area contributed by atoms with Crippen LogP contribution in [0.3, 0.4) is 0 Å². The summed E-state index contributed by atoms with van der Waals surface area (Å²) in [5.41, 5.74) is 9.43. The summed E-state index contributed by atoms with van der Waals surface area (Å²) >= 11 is 0. The number of hydrogen-bond acceptors (Lipinski definition) is 4. The first kappa shape index (κ1) is 13.5. The smallest absolute Gasteiger partial charge is 0.244 e. The first-order valence-corrected chi connectivity index (χ1v) is 6.92. The van der Waals surface area contributed by atoms with Gasteiger partial charge in [-0.1, -0.05) is 65.3 Å². The van der Waals surface area contributed by atoms with Crippen LogP contribution in [0.15, 0.2) is 59.1 Å². The maximum absolute atomic E-state index is 6.15. The van der Waals surface area contributed by atoms with Crippen LogP contribution in [0.1, 0.15) is 23.1 Å². The van der Waals surface area contributed by atoms with Gasteiger partial charge in [0.25, 0.3) is 0 Å². The highest BCUT2D eigenvalue weighted by molar-refractivity contribution is 5.54. The quantitative estimate of drug-likeness (QED) is 0.796. The van der Waals surface area contributed by atoms with Gasteiger partial charge in [-0.3, -0.25) is 0 Å². The van der Waals surface area contributed by atoms with Gasteiger partial charge in [-0.2, -0.15) is 4.98 Å². The van der Waals surface area contributed by atoms with E-state index in [0.717, 1.165) is 11.1 Å². The lowest BCUT2D eigenvalue weighted by molar-refractivity contribution is 0.354. The van der Waals surface area contributed by atoms with E-state index in [2.05, 4.69) is 10.1 Å². The molecule has 1 atom stereocenters. The molecule has 0 radical (unpaired) electrons. The van der Waals surface area contributed by atoms with E-state index in [4.69, 9.17) is 10.3 Å². The molecule has 0 saturated heterocycles. The Balaban J connectivity index is 1.76. The molecule has 0 spiro atoms. The third-order valence-corrected chi connectivity index (χ3v) is 3.37. The summed E-state index contributed by atoms with van der Waals surface area (Å²) in [6, 6.07) is 17.8. The summed E-state index contributed by atoms with van der Waals surface area (Å²) in [4.78, 5) is 4.40. The molecule has 2 N–H and O–H groups in total. The lowest BCUT2D eigenvalue weighted by atomic mass is 10.1. The van der Waals surface area contributed by atoms with Crippen LogP contribution in [0, 0.1) is 6.92 Å². The highest BCUT2D eigenvalue weighted by Crippen LogP contribution is 2.20. The van der Waals surface area contributed by atoms with Crippen LogP contribution in [0.25, 0.3) is 11.4 Å². The van der Waals surface area contributed by atoms with Crippen LogP contribution < -0.4 is 5.73 Å². The number of rotatable bonds is 4. The summed E-state index contributed by atoms with van der Waals surface area (Å²) in [6.45, 7) is 2.04. The van der Waals surface area contributed by atoms with Gasteiger partial charge in [-0.15, -0.1) is 0 Å². The molecule has 3 aromatic rings. The summed E-state index contributed by atoms with van der Waals surface area (Å²) < 4.78 is 5.30. The van der Waals surface area contributed by atoms with E-state index in [-0.39, 0.29) is 6.04 Å². The van der Waals surface area contributed by atoms with Gasteiger partial charge in [-0.25, -0.2) is 0 Å². The van der Waals surface area contributed by atoms with Crippen molar-refractivity contribution >= 4 is 0 Å². The van der Waals surface area contributed by atoms with E-state index in [9.17, 15) is 0 Å². The Bertz CT molecular complexity index is 704. The molecular formula is C17H17N3O. The minimum Gasteiger partial charge on any atom is -0.337 e. The van der Waals surface area contributed by atoms with Gasteiger partial charge < -0.3 is 10.3 Å². The Morgan fingerprint density at radius 1 is 1.05 bits per heavy atom. The van der Waals surface area contributed by atoms with Crippen molar-refractivity contribution < 1.29 is 4.52 Å². The van der Waals surface area contributed by atoms with E-state index in [1.165, 1.54) is 5.56 Å². The zero-order chi connectivity index (χ0) is 14.7. The fraction of sp³-hybridized carbons (Fsp3) is 0.176. The fourth-order valence-corrected chi connectivity index (χ4v) is 2.16. The normalized spacial score (nSPS) is 12.3. The Labute approximate surface area is 123 Å². The number of aryl methyl sites for hydroxylation is 1. The Morgan fingerprint density at radius 2 is 1.76 bits per heavy atom. The van der Waals surface area contributed by atoms with Crippen molar-refractivity contribution in [2.45, 2.75) is 19.4 Å². The molecule has 2 aromatic carbocycles. The second kappa shape index (κ2) is 5.89. The second-order valence-corrected chi connectivity index (χ2v) is 5.12.